The molecule has 0 amide bonds. The fourth-order valence-corrected chi connectivity index (χ4v) is 2.50. The molecular formula is C15H12FN3O. The molecule has 3 aromatic rings. The number of benzene rings is 2. The van der Waals surface area contributed by atoms with Gasteiger partial charge < -0.3 is 15.0 Å². The molecule has 2 heterocycles. The summed E-state index contributed by atoms with van der Waals surface area (Å²) < 4.78 is 18.8. The zero-order valence-electron chi connectivity index (χ0n) is 10.6. The van der Waals surface area contributed by atoms with Crippen LogP contribution in [0.4, 0.5) is 10.3 Å². The van der Waals surface area contributed by atoms with Crippen molar-refractivity contribution in [2.75, 3.05) is 11.9 Å². The first-order chi connectivity index (χ1) is 9.79. The van der Waals surface area contributed by atoms with Gasteiger partial charge in [-0.05, 0) is 24.3 Å². The normalized spacial score (nSPS) is 16.9. The lowest BCUT2D eigenvalue weighted by Crippen LogP contribution is -2.12. The smallest absolute Gasteiger partial charge is 0.201 e. The quantitative estimate of drug-likeness (QED) is 0.750. The van der Waals surface area contributed by atoms with Crippen molar-refractivity contribution in [1.29, 1.82) is 0 Å². The van der Waals surface area contributed by atoms with E-state index in [1.165, 1.54) is 12.1 Å². The van der Waals surface area contributed by atoms with Crippen molar-refractivity contribution in [3.05, 3.63) is 53.8 Å². The Morgan fingerprint density at radius 1 is 1.25 bits per heavy atom. The number of hydrogen-bond acceptors (Lipinski definition) is 3. The van der Waals surface area contributed by atoms with E-state index in [-0.39, 0.29) is 11.9 Å². The Bertz CT molecular complexity index is 784. The number of halogens is 1. The molecule has 5 heteroatoms. The molecule has 4 rings (SSSR count). The molecule has 1 aliphatic heterocycles. The van der Waals surface area contributed by atoms with E-state index >= 15 is 0 Å². The molecule has 0 bridgehead atoms. The lowest BCUT2D eigenvalue weighted by atomic mass is 10.1. The number of aromatic amines is 1. The number of aromatic nitrogens is 2. The highest BCUT2D eigenvalue weighted by Crippen LogP contribution is 2.33. The van der Waals surface area contributed by atoms with Crippen LogP contribution in [-0.4, -0.2) is 16.6 Å². The Morgan fingerprint density at radius 3 is 3.10 bits per heavy atom. The number of hydrogen-bond donors (Lipinski definition) is 2. The molecule has 4 nitrogen and oxygen atoms in total. The minimum absolute atomic E-state index is 0.0524. The van der Waals surface area contributed by atoms with Crippen molar-refractivity contribution < 1.29 is 9.13 Å². The van der Waals surface area contributed by atoms with Crippen molar-refractivity contribution in [3.63, 3.8) is 0 Å². The standard InChI is InChI=1S/C15H12FN3O/c16-9-5-6-11-12(7-9)18-15(17-11)19-13-8-20-14-4-2-1-3-10(13)14/h1-7,13H,8H2,(H2,17,18,19). The Hall–Kier alpha value is -2.56. The lowest BCUT2D eigenvalue weighted by Gasteiger charge is -2.09. The Morgan fingerprint density at radius 2 is 2.15 bits per heavy atom. The van der Waals surface area contributed by atoms with Crippen LogP contribution in [0, 0.1) is 5.82 Å². The largest absolute Gasteiger partial charge is 0.491 e. The van der Waals surface area contributed by atoms with Gasteiger partial charge in [-0.25, -0.2) is 9.37 Å². The van der Waals surface area contributed by atoms with Crippen molar-refractivity contribution in [2.24, 2.45) is 0 Å². The molecule has 1 aliphatic rings. The number of para-hydroxylation sites is 1. The number of imidazole rings is 1. The van der Waals surface area contributed by atoms with E-state index in [1.807, 2.05) is 24.3 Å². The van der Waals surface area contributed by atoms with E-state index in [9.17, 15) is 4.39 Å². The molecule has 0 aliphatic carbocycles. The van der Waals surface area contributed by atoms with Crippen LogP contribution in [-0.2, 0) is 0 Å². The molecule has 1 unspecified atom stereocenters. The van der Waals surface area contributed by atoms with Gasteiger partial charge in [0.2, 0.25) is 5.95 Å². The van der Waals surface area contributed by atoms with E-state index in [0.29, 0.717) is 18.1 Å². The monoisotopic (exact) mass is 269 g/mol. The maximum atomic E-state index is 13.2. The number of H-pyrrole nitrogens is 1. The zero-order chi connectivity index (χ0) is 13.5. The van der Waals surface area contributed by atoms with Gasteiger partial charge in [-0.2, -0.15) is 0 Å². The second-order valence-corrected chi connectivity index (χ2v) is 4.79. The summed E-state index contributed by atoms with van der Waals surface area (Å²) in [5.41, 5.74) is 2.53. The lowest BCUT2D eigenvalue weighted by molar-refractivity contribution is 0.339. The summed E-state index contributed by atoms with van der Waals surface area (Å²) in [6.45, 7) is 0.560. The zero-order valence-corrected chi connectivity index (χ0v) is 10.6. The van der Waals surface area contributed by atoms with Crippen molar-refractivity contribution in [2.45, 2.75) is 6.04 Å². The highest BCUT2D eigenvalue weighted by atomic mass is 19.1. The van der Waals surface area contributed by atoms with Crippen LogP contribution in [0.5, 0.6) is 5.75 Å². The molecule has 0 radical (unpaired) electrons. The van der Waals surface area contributed by atoms with Gasteiger partial charge in [-0.15, -0.1) is 0 Å². The molecule has 0 fully saturated rings. The minimum Gasteiger partial charge on any atom is -0.491 e. The molecule has 1 aromatic heterocycles. The maximum absolute atomic E-state index is 13.2. The van der Waals surface area contributed by atoms with Crippen LogP contribution in [0.2, 0.25) is 0 Å². The topological polar surface area (TPSA) is 49.9 Å². The number of anilines is 1. The maximum Gasteiger partial charge on any atom is 0.201 e. The third kappa shape index (κ3) is 1.79. The Balaban J connectivity index is 1.65. The molecule has 0 spiro atoms. The summed E-state index contributed by atoms with van der Waals surface area (Å²) in [4.78, 5) is 7.48. The van der Waals surface area contributed by atoms with Crippen LogP contribution >= 0.6 is 0 Å². The van der Waals surface area contributed by atoms with E-state index in [0.717, 1.165) is 16.8 Å². The fourth-order valence-electron chi connectivity index (χ4n) is 2.50. The summed E-state index contributed by atoms with van der Waals surface area (Å²) in [7, 11) is 0. The second-order valence-electron chi connectivity index (χ2n) is 4.79. The second kappa shape index (κ2) is 4.23. The molecular weight excluding hydrogens is 257 g/mol. The summed E-state index contributed by atoms with van der Waals surface area (Å²) in [5.74, 6) is 1.24. The predicted molar refractivity (Wildman–Crippen MR) is 74.4 cm³/mol. The van der Waals surface area contributed by atoms with E-state index < -0.39 is 0 Å². The van der Waals surface area contributed by atoms with Gasteiger partial charge >= 0.3 is 0 Å². The Labute approximate surface area is 114 Å². The van der Waals surface area contributed by atoms with Crippen LogP contribution in [0.1, 0.15) is 11.6 Å². The number of nitrogens with zero attached hydrogens (tertiary/aromatic N) is 1. The van der Waals surface area contributed by atoms with Gasteiger partial charge in [-0.1, -0.05) is 18.2 Å². The number of ether oxygens (including phenoxy) is 1. The van der Waals surface area contributed by atoms with Crippen LogP contribution in [0.15, 0.2) is 42.5 Å². The summed E-state index contributed by atoms with van der Waals surface area (Å²) in [6.07, 6.45) is 0. The van der Waals surface area contributed by atoms with Gasteiger partial charge in [0.15, 0.2) is 0 Å². The third-order valence-corrected chi connectivity index (χ3v) is 3.45. The molecule has 1 atom stereocenters. The highest BCUT2D eigenvalue weighted by Gasteiger charge is 2.24. The van der Waals surface area contributed by atoms with E-state index in [4.69, 9.17) is 4.74 Å². The Kier molecular flexibility index (Phi) is 2.39. The molecule has 0 saturated heterocycles. The summed E-state index contributed by atoms with van der Waals surface area (Å²) in [6, 6.07) is 12.5. The summed E-state index contributed by atoms with van der Waals surface area (Å²) in [5, 5.41) is 3.29. The highest BCUT2D eigenvalue weighted by molar-refractivity contribution is 5.77. The molecule has 2 N–H and O–H groups in total. The van der Waals surface area contributed by atoms with Crippen LogP contribution in [0.25, 0.3) is 11.0 Å². The molecule has 20 heavy (non-hydrogen) atoms. The van der Waals surface area contributed by atoms with Gasteiger partial charge in [-0.3, -0.25) is 0 Å². The molecule has 2 aromatic carbocycles. The van der Waals surface area contributed by atoms with Gasteiger partial charge in [0.1, 0.15) is 18.2 Å². The first kappa shape index (κ1) is 11.3. The average molecular weight is 269 g/mol. The van der Waals surface area contributed by atoms with E-state index in [1.54, 1.807) is 6.07 Å². The summed E-state index contributed by atoms with van der Waals surface area (Å²) >= 11 is 0. The third-order valence-electron chi connectivity index (χ3n) is 3.45. The first-order valence-corrected chi connectivity index (χ1v) is 6.43. The van der Waals surface area contributed by atoms with Gasteiger partial charge in [0, 0.05) is 5.56 Å². The first-order valence-electron chi connectivity index (χ1n) is 6.43. The van der Waals surface area contributed by atoms with E-state index in [2.05, 4.69) is 15.3 Å². The number of nitrogens with one attached hydrogen (secondary N) is 2. The van der Waals surface area contributed by atoms with Crippen molar-refractivity contribution >= 4 is 17.0 Å². The number of fused-ring (bicyclic) bond motifs is 2. The fraction of sp³-hybridized carbons (Fsp3) is 0.133. The molecule has 0 saturated carbocycles. The van der Waals surface area contributed by atoms with Crippen LogP contribution in [0.3, 0.4) is 0 Å². The SMILES string of the molecule is Fc1ccc2nc(NC3COc4ccccc43)[nH]c2c1. The van der Waals surface area contributed by atoms with Gasteiger partial charge in [0.25, 0.3) is 0 Å². The number of rotatable bonds is 2. The van der Waals surface area contributed by atoms with Crippen LogP contribution < -0.4 is 10.1 Å². The molecule has 100 valence electrons. The average Bonchev–Trinajstić information content (AvgIpc) is 3.03. The van der Waals surface area contributed by atoms with Crippen molar-refractivity contribution in [3.8, 4) is 5.75 Å². The minimum atomic E-state index is -0.276. The van der Waals surface area contributed by atoms with Crippen molar-refractivity contribution in [1.82, 2.24) is 9.97 Å². The van der Waals surface area contributed by atoms with Gasteiger partial charge in [0.05, 0.1) is 17.1 Å². The predicted octanol–water partition coefficient (Wildman–Crippen LogP) is 3.25.